The van der Waals surface area contributed by atoms with E-state index in [0.29, 0.717) is 25.1 Å². The molecule has 8 heteroatoms. The second kappa shape index (κ2) is 6.89. The minimum Gasteiger partial charge on any atom is -0.343 e. The van der Waals surface area contributed by atoms with Crippen molar-refractivity contribution in [3.8, 4) is 0 Å². The molecule has 1 fully saturated rings. The van der Waals surface area contributed by atoms with Crippen LogP contribution in [0.1, 0.15) is 16.8 Å². The van der Waals surface area contributed by atoms with Crippen LogP contribution in [0.2, 0.25) is 0 Å². The van der Waals surface area contributed by atoms with Gasteiger partial charge in [-0.3, -0.25) is 9.59 Å². The number of nitrogens with two attached hydrogens (primary N) is 1. The highest BCUT2D eigenvalue weighted by Crippen LogP contribution is 2.17. The number of likely N-dealkylation sites (tertiary alicyclic amines) is 1. The third-order valence-corrected chi connectivity index (χ3v) is 4.48. The van der Waals surface area contributed by atoms with Crippen LogP contribution in [0, 0.1) is 5.92 Å². The van der Waals surface area contributed by atoms with E-state index >= 15 is 0 Å². The van der Waals surface area contributed by atoms with Gasteiger partial charge in [0.05, 0.1) is 12.3 Å². The van der Waals surface area contributed by atoms with Crippen molar-refractivity contribution in [2.75, 3.05) is 25.4 Å². The topological polar surface area (TPSA) is 110 Å². The summed E-state index contributed by atoms with van der Waals surface area (Å²) in [5, 5.41) is 7.58. The maximum absolute atomic E-state index is 12.0. The Morgan fingerprint density at radius 1 is 1.27 bits per heavy atom. The highest BCUT2D eigenvalue weighted by molar-refractivity contribution is 7.89. The van der Waals surface area contributed by atoms with Crippen molar-refractivity contribution in [2.45, 2.75) is 6.42 Å². The molecule has 7 nitrogen and oxygen atoms in total. The van der Waals surface area contributed by atoms with Crippen molar-refractivity contribution >= 4 is 21.8 Å². The molecule has 1 aromatic carbocycles. The van der Waals surface area contributed by atoms with Crippen LogP contribution in [-0.4, -0.2) is 50.5 Å². The molecule has 0 spiro atoms. The molecule has 0 bridgehead atoms. The van der Waals surface area contributed by atoms with E-state index < -0.39 is 10.0 Å². The number of hydrogen-bond acceptors (Lipinski definition) is 4. The van der Waals surface area contributed by atoms with E-state index in [1.165, 1.54) is 0 Å². The number of carbonyl (C=O) groups is 2. The van der Waals surface area contributed by atoms with Crippen LogP contribution in [0.15, 0.2) is 30.3 Å². The van der Waals surface area contributed by atoms with E-state index in [1.807, 2.05) is 0 Å². The molecule has 0 radical (unpaired) electrons. The van der Waals surface area contributed by atoms with E-state index in [-0.39, 0.29) is 30.0 Å². The molecule has 22 heavy (non-hydrogen) atoms. The minimum absolute atomic E-state index is 0.101. The second-order valence-corrected chi connectivity index (χ2v) is 7.03. The Morgan fingerprint density at radius 2 is 1.95 bits per heavy atom. The number of hydrogen-bond donors (Lipinski definition) is 2. The molecule has 0 saturated carbocycles. The van der Waals surface area contributed by atoms with Crippen molar-refractivity contribution in [1.29, 1.82) is 0 Å². The molecule has 2 amide bonds. The third-order valence-electron chi connectivity index (χ3n) is 3.54. The highest BCUT2D eigenvalue weighted by Gasteiger charge is 2.28. The van der Waals surface area contributed by atoms with Crippen molar-refractivity contribution in [1.82, 2.24) is 10.2 Å². The van der Waals surface area contributed by atoms with Crippen molar-refractivity contribution in [3.05, 3.63) is 35.9 Å². The zero-order valence-electron chi connectivity index (χ0n) is 12.1. The minimum atomic E-state index is -3.53. The molecule has 0 aliphatic carbocycles. The first-order valence-corrected chi connectivity index (χ1v) is 8.68. The zero-order chi connectivity index (χ0) is 16.2. The third kappa shape index (κ3) is 4.81. The lowest BCUT2D eigenvalue weighted by Crippen LogP contribution is -2.39. The fraction of sp³-hybridized carbons (Fsp3) is 0.429. The number of amides is 2. The average molecular weight is 325 g/mol. The molecule has 1 aliphatic rings. The summed E-state index contributed by atoms with van der Waals surface area (Å²) in [6.45, 7) is 0.743. The van der Waals surface area contributed by atoms with Crippen LogP contribution in [0.25, 0.3) is 0 Å². The lowest BCUT2D eigenvalue weighted by molar-refractivity contribution is -0.129. The van der Waals surface area contributed by atoms with Gasteiger partial charge in [0, 0.05) is 18.7 Å². The molecule has 2 rings (SSSR count). The SMILES string of the molecule is NS(=O)(=O)CC1CCN(C(=O)CNC(=O)c2ccccc2)C1. The Morgan fingerprint density at radius 3 is 2.59 bits per heavy atom. The smallest absolute Gasteiger partial charge is 0.251 e. The van der Waals surface area contributed by atoms with Gasteiger partial charge in [0.2, 0.25) is 15.9 Å². The Kier molecular flexibility index (Phi) is 5.15. The van der Waals surface area contributed by atoms with Gasteiger partial charge in [-0.15, -0.1) is 0 Å². The van der Waals surface area contributed by atoms with Crippen molar-refractivity contribution in [2.24, 2.45) is 11.1 Å². The Balaban J connectivity index is 1.80. The first-order chi connectivity index (χ1) is 10.3. The van der Waals surface area contributed by atoms with Crippen molar-refractivity contribution in [3.63, 3.8) is 0 Å². The predicted molar refractivity (Wildman–Crippen MR) is 81.4 cm³/mol. The molecule has 1 heterocycles. The molecule has 1 unspecified atom stereocenters. The average Bonchev–Trinajstić information content (AvgIpc) is 2.91. The van der Waals surface area contributed by atoms with Crippen LogP contribution < -0.4 is 10.5 Å². The summed E-state index contributed by atoms with van der Waals surface area (Å²) < 4.78 is 22.1. The van der Waals surface area contributed by atoms with Gasteiger partial charge >= 0.3 is 0 Å². The van der Waals surface area contributed by atoms with Crippen LogP contribution in [-0.2, 0) is 14.8 Å². The van der Waals surface area contributed by atoms with Gasteiger partial charge in [-0.2, -0.15) is 0 Å². The summed E-state index contributed by atoms with van der Waals surface area (Å²) in [5.41, 5.74) is 0.490. The number of carbonyl (C=O) groups excluding carboxylic acids is 2. The summed E-state index contributed by atoms with van der Waals surface area (Å²) in [6, 6.07) is 8.62. The fourth-order valence-electron chi connectivity index (χ4n) is 2.48. The largest absolute Gasteiger partial charge is 0.343 e. The van der Waals surface area contributed by atoms with Gasteiger partial charge in [0.1, 0.15) is 0 Å². The van der Waals surface area contributed by atoms with Gasteiger partial charge < -0.3 is 10.2 Å². The van der Waals surface area contributed by atoms with Gasteiger partial charge in [-0.1, -0.05) is 18.2 Å². The van der Waals surface area contributed by atoms with Gasteiger partial charge in [-0.25, -0.2) is 13.6 Å². The summed E-state index contributed by atoms with van der Waals surface area (Å²) >= 11 is 0. The maximum atomic E-state index is 12.0. The van der Waals surface area contributed by atoms with Crippen LogP contribution >= 0.6 is 0 Å². The van der Waals surface area contributed by atoms with E-state index in [4.69, 9.17) is 5.14 Å². The molecular weight excluding hydrogens is 306 g/mol. The van der Waals surface area contributed by atoms with Gasteiger partial charge in [0.15, 0.2) is 0 Å². The number of rotatable bonds is 5. The molecule has 1 aliphatic heterocycles. The fourth-order valence-corrected chi connectivity index (χ4v) is 3.41. The number of sulfonamides is 1. The predicted octanol–water partition coefficient (Wildman–Crippen LogP) is -0.447. The Labute approximate surface area is 129 Å². The monoisotopic (exact) mass is 325 g/mol. The quantitative estimate of drug-likeness (QED) is 0.764. The van der Waals surface area contributed by atoms with E-state index in [9.17, 15) is 18.0 Å². The molecule has 1 saturated heterocycles. The van der Waals surface area contributed by atoms with E-state index in [2.05, 4.69) is 5.32 Å². The number of nitrogens with zero attached hydrogens (tertiary/aromatic N) is 1. The van der Waals surface area contributed by atoms with Crippen molar-refractivity contribution < 1.29 is 18.0 Å². The van der Waals surface area contributed by atoms with E-state index in [0.717, 1.165) is 0 Å². The normalized spacial score (nSPS) is 18.2. The Hall–Kier alpha value is -1.93. The standard InChI is InChI=1S/C14H19N3O4S/c15-22(20,21)10-11-6-7-17(9-11)13(18)8-16-14(19)12-4-2-1-3-5-12/h1-5,11H,6-10H2,(H,16,19)(H2,15,20,21). The maximum Gasteiger partial charge on any atom is 0.251 e. The van der Waals surface area contributed by atoms with Crippen LogP contribution in [0.3, 0.4) is 0 Å². The lowest BCUT2D eigenvalue weighted by Gasteiger charge is -2.16. The zero-order valence-corrected chi connectivity index (χ0v) is 12.9. The lowest BCUT2D eigenvalue weighted by atomic mass is 10.2. The van der Waals surface area contributed by atoms with E-state index in [1.54, 1.807) is 35.2 Å². The van der Waals surface area contributed by atoms with Gasteiger partial charge in [-0.05, 0) is 24.5 Å². The molecular formula is C14H19N3O4S. The molecule has 0 aromatic heterocycles. The Bertz CT molecular complexity index is 645. The summed E-state index contributed by atoms with van der Waals surface area (Å²) in [5.74, 6) is -0.785. The van der Waals surface area contributed by atoms with Crippen LogP contribution in [0.4, 0.5) is 0 Å². The molecule has 1 aromatic rings. The first kappa shape index (κ1) is 16.4. The second-order valence-electron chi connectivity index (χ2n) is 5.37. The summed E-state index contributed by atoms with van der Waals surface area (Å²) in [6.07, 6.45) is 0.606. The molecule has 1 atom stereocenters. The number of primary sulfonamides is 1. The molecule has 120 valence electrons. The summed E-state index contributed by atoms with van der Waals surface area (Å²) in [7, 11) is -3.53. The number of nitrogens with one attached hydrogen (secondary N) is 1. The highest BCUT2D eigenvalue weighted by atomic mass is 32.2. The number of benzene rings is 1. The van der Waals surface area contributed by atoms with Crippen LogP contribution in [0.5, 0.6) is 0 Å². The first-order valence-electron chi connectivity index (χ1n) is 6.96. The summed E-state index contributed by atoms with van der Waals surface area (Å²) in [4.78, 5) is 25.4. The molecule has 3 N–H and O–H groups in total. The van der Waals surface area contributed by atoms with Gasteiger partial charge in [0.25, 0.3) is 5.91 Å².